The lowest BCUT2D eigenvalue weighted by atomic mass is 9.71. The van der Waals surface area contributed by atoms with Crippen molar-refractivity contribution in [2.45, 2.75) is 383 Å². The molecule has 14 heterocycles. The Hall–Kier alpha value is -8.63. The molecule has 32 nitrogen and oxygen atoms in total. The predicted octanol–water partition coefficient (Wildman–Crippen LogP) is 18.6. The van der Waals surface area contributed by atoms with E-state index >= 15 is 0 Å². The Labute approximate surface area is 877 Å². The lowest BCUT2D eigenvalue weighted by molar-refractivity contribution is -0.196. The number of hydrogen-bond acceptors (Lipinski definition) is 21. The van der Waals surface area contributed by atoms with Crippen LogP contribution in [0.5, 0.6) is 0 Å². The van der Waals surface area contributed by atoms with E-state index in [1.54, 1.807) is 27.1 Å². The van der Waals surface area contributed by atoms with Crippen LogP contribution in [-0.2, 0) is 52.5 Å². The number of alkyl halides is 3. The fourth-order valence-electron chi connectivity index (χ4n) is 22.9. The van der Waals surface area contributed by atoms with E-state index in [-0.39, 0.29) is 125 Å². The number of piperazine rings is 1. The molecule has 832 valence electrons. The number of hydrogen-bond donors (Lipinski definition) is 0. The number of nitrogens with zero attached hydrogens (tertiary/aromatic N) is 16. The maximum Gasteiger partial charge on any atom is 0.410 e. The van der Waals surface area contributed by atoms with Crippen molar-refractivity contribution in [3.05, 3.63) is 30.4 Å². The largest absolute Gasteiger partial charge is 0.444 e. The zero-order valence-electron chi connectivity index (χ0n) is 96.5. The Morgan fingerprint density at radius 1 is 0.340 bits per heavy atom. The summed E-state index contributed by atoms with van der Waals surface area (Å²) in [5.41, 5.74) is -3.21. The van der Waals surface area contributed by atoms with Crippen molar-refractivity contribution < 1.29 is 89.4 Å². The van der Waals surface area contributed by atoms with Gasteiger partial charge in [0.2, 0.25) is 41.4 Å². The van der Waals surface area contributed by atoms with Crippen LogP contribution in [0.15, 0.2) is 29.0 Å². The molecule has 2 atom stereocenters. The van der Waals surface area contributed by atoms with Gasteiger partial charge in [-0.25, -0.2) is 19.2 Å². The maximum absolute atomic E-state index is 12.7. The van der Waals surface area contributed by atoms with Crippen LogP contribution in [0.2, 0.25) is 0 Å². The molecule has 14 aliphatic rings. The third-order valence-electron chi connectivity index (χ3n) is 30.7. The molecule has 11 amide bonds. The highest BCUT2D eigenvalue weighted by Gasteiger charge is 2.62. The van der Waals surface area contributed by atoms with Crippen molar-refractivity contribution in [2.75, 3.05) is 164 Å². The number of rotatable bonds is 4. The third-order valence-corrected chi connectivity index (χ3v) is 30.7. The molecule has 14 fully saturated rings. The number of carbonyl (C=O) groups is 11. The summed E-state index contributed by atoms with van der Waals surface area (Å²) < 4.78 is 63.9. The van der Waals surface area contributed by atoms with Crippen LogP contribution in [0.1, 0.15) is 343 Å². The zero-order chi connectivity index (χ0) is 110. The second-order valence-electron chi connectivity index (χ2n) is 56.5. The van der Waals surface area contributed by atoms with Gasteiger partial charge < -0.3 is 77.4 Å². The van der Waals surface area contributed by atoms with E-state index < -0.39 is 40.5 Å². The quantitative estimate of drug-likeness (QED) is 0.257. The minimum absolute atomic E-state index is 0.0633. The molecule has 0 N–H and O–H groups in total. The number of piperidine rings is 3. The molecule has 2 aliphatic carbocycles. The smallest absolute Gasteiger partial charge is 0.410 e. The molecule has 35 heteroatoms. The molecule has 2 aromatic rings. The van der Waals surface area contributed by atoms with E-state index in [0.717, 1.165) is 154 Å². The molecule has 0 aromatic carbocycles. The molecular formula is C112H187F3N16O16. The van der Waals surface area contributed by atoms with Crippen LogP contribution in [0.4, 0.5) is 32.3 Å². The third kappa shape index (κ3) is 30.9. The summed E-state index contributed by atoms with van der Waals surface area (Å²) in [6.45, 7) is 83.2. The molecule has 0 radical (unpaired) electrons. The molecule has 12 aliphatic heterocycles. The zero-order valence-corrected chi connectivity index (χ0v) is 96.5. The highest BCUT2D eigenvalue weighted by Crippen LogP contribution is 2.65. The van der Waals surface area contributed by atoms with Gasteiger partial charge in [-0.15, -0.1) is 0 Å². The first kappa shape index (κ1) is 120. The highest BCUT2D eigenvalue weighted by atomic mass is 19.4. The molecule has 2 unspecified atom stereocenters. The molecule has 147 heavy (non-hydrogen) atoms. The van der Waals surface area contributed by atoms with Gasteiger partial charge in [0, 0.05) is 218 Å². The lowest BCUT2D eigenvalue weighted by Crippen LogP contribution is -2.74. The first-order chi connectivity index (χ1) is 67.0. The van der Waals surface area contributed by atoms with Crippen molar-refractivity contribution in [1.82, 2.24) is 78.8 Å². The van der Waals surface area contributed by atoms with E-state index in [1.807, 2.05) is 275 Å². The van der Waals surface area contributed by atoms with Crippen LogP contribution < -0.4 is 0 Å². The molecule has 2 saturated carbocycles. The monoisotopic (exact) mass is 2070 g/mol. The summed E-state index contributed by atoms with van der Waals surface area (Å²) in [4.78, 5) is 169. The van der Waals surface area contributed by atoms with E-state index in [1.165, 1.54) is 37.4 Å². The van der Waals surface area contributed by atoms with Crippen LogP contribution in [0.3, 0.4) is 0 Å². The summed E-state index contributed by atoms with van der Waals surface area (Å²) in [6.07, 6.45) is 13.8. The normalized spacial score (nSPS) is 22.9. The standard InChI is InChI=1S/C19H24N4O2.C18H32N2O3.C17H30N2O3.2C16H28N2O3.C14H26N2O.C12H19F3N2O/c1-18(2,3)17(24)23-9-6-19(7-10-23)11-14(19)15-21-16(25-22-15)13-5-4-8-20-12-13;1-16(2,3)14(21)19-12-10-18(13-19)9-7-8-11-20(18)15(22)23-17(4,5)6;1-15(2,3)13(20)19-11-10-18(12-17(19)8-7-9-17)14(21)22-16(4,5)6;1-14(2,3)12(19)17-8-7-16(9-17)10-18(11-16)13(20)21-15(4,5)6;1-14(2,3)12(19)17-10-16(11-17)8-7-9-18(16)13(20)21-15(4,5)6;1-5-15-10-14(11-15)6-8-16(9-7-14)12(17)13(2,3)4;1-10(2,3)9(18)17-6-11(7-17)4-16(5-11)8-12(13,14)15/h4-5,8,12,14H,6-7,9-11H2,1-3H3;7-13H2,1-6H3;7-12H2,1-6H3;2*7-11H2,1-6H3;5-11H2,1-4H3;4-8H2,1-3H3. The van der Waals surface area contributed by atoms with Gasteiger partial charge in [0.25, 0.3) is 5.89 Å². The fraction of sp³-hybridized carbons (Fsp3) is 0.839. The lowest BCUT2D eigenvalue weighted by Gasteiger charge is -2.61. The first-order valence-corrected chi connectivity index (χ1v) is 54.3. The topological polar surface area (TPSA) is 319 Å². The van der Waals surface area contributed by atoms with E-state index in [2.05, 4.69) is 31.8 Å². The van der Waals surface area contributed by atoms with Gasteiger partial charge in [-0.3, -0.25) is 48.3 Å². The SMILES string of the molecule is CC(C)(C)C(=O)N1CC2(CN(CC(F)(F)F)C2)C1.CC(C)(C)C(=O)N1CCC2(CC1)CC2c1noc(-c2cccnc2)n1.CC(C)(C)OC(=O)N1CC2(CCN(C(=O)C(C)(C)C)C2)C1.CC(C)(C)OC(=O)N1CCCC12CN(C(=O)C(C)(C)C)C2.CC(C)(C)OC(=O)N1CCCCC12CCN(C(=O)C(C)(C)C)C2.CC(C)(C)OC(=O)N1CCN(C(=O)C(C)(C)C)C2(CCC2)C1.CCN1CC2(CCN(C(=O)C(C)(C)C)CC2)C1. The molecular weight excluding hydrogens is 1880 g/mol. The summed E-state index contributed by atoms with van der Waals surface area (Å²) >= 11 is 0. The predicted molar refractivity (Wildman–Crippen MR) is 561 cm³/mol. The molecule has 12 saturated heterocycles. The van der Waals surface area contributed by atoms with Crippen LogP contribution >= 0.6 is 0 Å². The summed E-state index contributed by atoms with van der Waals surface area (Å²) in [7, 11) is 0. The number of amides is 11. The van der Waals surface area contributed by atoms with Crippen molar-refractivity contribution in [2.24, 2.45) is 59.6 Å². The van der Waals surface area contributed by atoms with Crippen molar-refractivity contribution in [1.29, 1.82) is 0 Å². The minimum Gasteiger partial charge on any atom is -0.444 e. The second kappa shape index (κ2) is 43.8. The fourth-order valence-corrected chi connectivity index (χ4v) is 22.9. The van der Waals surface area contributed by atoms with Crippen molar-refractivity contribution in [3.63, 3.8) is 0 Å². The summed E-state index contributed by atoms with van der Waals surface area (Å²) in [5, 5.41) is 4.20. The maximum atomic E-state index is 12.7. The van der Waals surface area contributed by atoms with Gasteiger partial charge in [-0.1, -0.05) is 157 Å². The molecule has 7 spiro atoms. The van der Waals surface area contributed by atoms with E-state index in [9.17, 15) is 65.9 Å². The number of likely N-dealkylation sites (tertiary alicyclic amines) is 11. The van der Waals surface area contributed by atoms with Gasteiger partial charge in [0.05, 0.1) is 28.7 Å². The van der Waals surface area contributed by atoms with Gasteiger partial charge in [-0.05, 0) is 209 Å². The van der Waals surface area contributed by atoms with Gasteiger partial charge in [0.1, 0.15) is 22.4 Å². The highest BCUT2D eigenvalue weighted by molar-refractivity contribution is 5.86. The number of halogens is 3. The van der Waals surface area contributed by atoms with E-state index in [0.29, 0.717) is 102 Å². The second-order valence-corrected chi connectivity index (χ2v) is 56.5. The average molecular weight is 2070 g/mol. The van der Waals surface area contributed by atoms with Crippen LogP contribution in [0.25, 0.3) is 11.5 Å². The molecule has 0 bridgehead atoms. The number of ether oxygens (including phenoxy) is 4. The summed E-state index contributed by atoms with van der Waals surface area (Å²) in [5.74, 6) is 3.06. The van der Waals surface area contributed by atoms with Crippen molar-refractivity contribution in [3.8, 4) is 11.5 Å². The Kier molecular flexibility index (Phi) is 35.9. The number of aromatic nitrogens is 3. The average Bonchev–Trinajstić information content (AvgIpc) is 1.57. The van der Waals surface area contributed by atoms with E-state index in [4.69, 9.17) is 23.5 Å². The Bertz CT molecular complexity index is 4910. The van der Waals surface area contributed by atoms with Crippen LogP contribution in [0, 0.1) is 59.6 Å². The molecule has 16 rings (SSSR count). The summed E-state index contributed by atoms with van der Waals surface area (Å²) in [6, 6.07) is 3.78. The van der Waals surface area contributed by atoms with Crippen LogP contribution in [-0.4, -0.2) is 353 Å². The number of pyridine rings is 1. The number of carbonyl (C=O) groups excluding carboxylic acids is 11. The Balaban J connectivity index is 0.000000176. The van der Waals surface area contributed by atoms with Gasteiger partial charge in [-0.2, -0.15) is 18.2 Å². The first-order valence-electron chi connectivity index (χ1n) is 54.3. The Morgan fingerprint density at radius 2 is 0.701 bits per heavy atom. The molecule has 2 aromatic heterocycles. The van der Waals surface area contributed by atoms with Gasteiger partial charge >= 0.3 is 30.5 Å². The minimum atomic E-state index is -4.12. The van der Waals surface area contributed by atoms with Crippen molar-refractivity contribution >= 4 is 65.7 Å². The van der Waals surface area contributed by atoms with Gasteiger partial charge in [0.15, 0.2) is 5.82 Å². The Morgan fingerprint density at radius 3 is 1.14 bits per heavy atom.